The molecule has 2 amide bonds. The predicted octanol–water partition coefficient (Wildman–Crippen LogP) is 6.47. The first-order chi connectivity index (χ1) is 17.9. The van der Waals surface area contributed by atoms with Crippen LogP contribution in [0.25, 0.3) is 10.2 Å². The summed E-state index contributed by atoms with van der Waals surface area (Å²) in [4.78, 5) is 36.9. The van der Waals surface area contributed by atoms with Crippen LogP contribution < -0.4 is 5.32 Å². The number of aryl methyl sites for hydroxylation is 1. The minimum Gasteiger partial charge on any atom is -0.339 e. The maximum atomic E-state index is 13.3. The third-order valence-electron chi connectivity index (χ3n) is 7.05. The molecule has 7 heteroatoms. The SMILES string of the molecule is Cc1ccc(C(=O)N2CCC(c3ccc4ncsc4c3)CC2)cc1NC(=O)c1ccc(CC(C)C)nc1. The molecule has 0 saturated carbocycles. The molecule has 1 fully saturated rings. The molecule has 37 heavy (non-hydrogen) atoms. The molecule has 0 spiro atoms. The fourth-order valence-corrected chi connectivity index (χ4v) is 5.63. The Morgan fingerprint density at radius 2 is 1.81 bits per heavy atom. The van der Waals surface area contributed by atoms with Crippen LogP contribution in [0.15, 0.2) is 60.2 Å². The zero-order valence-electron chi connectivity index (χ0n) is 21.5. The van der Waals surface area contributed by atoms with Gasteiger partial charge in [-0.25, -0.2) is 4.98 Å². The number of hydrogen-bond donors (Lipinski definition) is 1. The summed E-state index contributed by atoms with van der Waals surface area (Å²) in [6.07, 6.45) is 4.37. The Kier molecular flexibility index (Phi) is 7.33. The number of benzene rings is 2. The highest BCUT2D eigenvalue weighted by molar-refractivity contribution is 7.16. The second kappa shape index (κ2) is 10.8. The lowest BCUT2D eigenvalue weighted by Gasteiger charge is -2.32. The summed E-state index contributed by atoms with van der Waals surface area (Å²) in [5, 5.41) is 2.97. The average molecular weight is 513 g/mol. The molecule has 4 aromatic rings. The molecule has 2 aromatic heterocycles. The van der Waals surface area contributed by atoms with Crippen LogP contribution in [0, 0.1) is 12.8 Å². The van der Waals surface area contributed by atoms with Gasteiger partial charge in [0.2, 0.25) is 0 Å². The minimum absolute atomic E-state index is 0.00608. The topological polar surface area (TPSA) is 75.2 Å². The van der Waals surface area contributed by atoms with Gasteiger partial charge < -0.3 is 10.2 Å². The molecular weight excluding hydrogens is 480 g/mol. The van der Waals surface area contributed by atoms with Crippen LogP contribution in [0.5, 0.6) is 0 Å². The quantitative estimate of drug-likeness (QED) is 0.321. The van der Waals surface area contributed by atoms with Crippen molar-refractivity contribution in [1.82, 2.24) is 14.9 Å². The van der Waals surface area contributed by atoms with Crippen molar-refractivity contribution in [3.8, 4) is 0 Å². The number of amides is 2. The molecule has 1 aliphatic rings. The molecule has 1 N–H and O–H groups in total. The Bertz CT molecular complexity index is 1420. The molecule has 0 bridgehead atoms. The smallest absolute Gasteiger partial charge is 0.257 e. The van der Waals surface area contributed by atoms with Gasteiger partial charge in [0.1, 0.15) is 0 Å². The van der Waals surface area contributed by atoms with Gasteiger partial charge in [0.05, 0.1) is 21.3 Å². The van der Waals surface area contributed by atoms with Crippen LogP contribution in [-0.2, 0) is 6.42 Å². The molecule has 3 heterocycles. The van der Waals surface area contributed by atoms with E-state index in [1.165, 1.54) is 10.3 Å². The van der Waals surface area contributed by atoms with Crippen molar-refractivity contribution in [3.05, 3.63) is 88.2 Å². The van der Waals surface area contributed by atoms with E-state index in [2.05, 4.69) is 47.3 Å². The molecule has 1 aliphatic heterocycles. The van der Waals surface area contributed by atoms with E-state index in [4.69, 9.17) is 0 Å². The van der Waals surface area contributed by atoms with Gasteiger partial charge in [0, 0.05) is 36.2 Å². The molecule has 190 valence electrons. The third kappa shape index (κ3) is 5.72. The van der Waals surface area contributed by atoms with E-state index in [-0.39, 0.29) is 11.8 Å². The van der Waals surface area contributed by atoms with Crippen LogP contribution >= 0.6 is 11.3 Å². The number of nitrogens with zero attached hydrogens (tertiary/aromatic N) is 3. The zero-order valence-corrected chi connectivity index (χ0v) is 22.3. The van der Waals surface area contributed by atoms with E-state index in [0.29, 0.717) is 41.7 Å². The predicted molar refractivity (Wildman–Crippen MR) is 149 cm³/mol. The second-order valence-corrected chi connectivity index (χ2v) is 11.2. The van der Waals surface area contributed by atoms with Gasteiger partial charge in [-0.3, -0.25) is 14.6 Å². The molecule has 2 aromatic carbocycles. The summed E-state index contributed by atoms with van der Waals surface area (Å²) in [6.45, 7) is 7.65. The number of pyridine rings is 1. The van der Waals surface area contributed by atoms with Crippen molar-refractivity contribution in [2.45, 2.75) is 46.0 Å². The van der Waals surface area contributed by atoms with E-state index >= 15 is 0 Å². The lowest BCUT2D eigenvalue weighted by molar-refractivity contribution is 0.0712. The largest absolute Gasteiger partial charge is 0.339 e. The summed E-state index contributed by atoms with van der Waals surface area (Å²) in [5.74, 6) is 0.736. The van der Waals surface area contributed by atoms with Crippen molar-refractivity contribution in [3.63, 3.8) is 0 Å². The van der Waals surface area contributed by atoms with E-state index in [9.17, 15) is 9.59 Å². The standard InChI is InChI=1S/C30H32N4O2S/c1-19(2)14-25-8-6-24(17-31-25)29(35)33-27-15-23(5-4-20(27)3)30(36)34-12-10-21(11-13-34)22-7-9-26-28(16-22)37-18-32-26/h4-9,15-19,21H,10-14H2,1-3H3,(H,33,35). The first-order valence-corrected chi connectivity index (χ1v) is 13.7. The summed E-state index contributed by atoms with van der Waals surface area (Å²) in [6, 6.07) is 15.8. The Morgan fingerprint density at radius 1 is 1.03 bits per heavy atom. The highest BCUT2D eigenvalue weighted by Crippen LogP contribution is 2.32. The van der Waals surface area contributed by atoms with Gasteiger partial charge in [-0.1, -0.05) is 26.0 Å². The molecule has 6 nitrogen and oxygen atoms in total. The maximum Gasteiger partial charge on any atom is 0.257 e. The highest BCUT2D eigenvalue weighted by Gasteiger charge is 2.25. The number of likely N-dealkylation sites (tertiary alicyclic amines) is 1. The Hall–Kier alpha value is -3.58. The van der Waals surface area contributed by atoms with Crippen molar-refractivity contribution in [1.29, 1.82) is 0 Å². The maximum absolute atomic E-state index is 13.3. The van der Waals surface area contributed by atoms with E-state index < -0.39 is 0 Å². The number of piperidine rings is 1. The molecule has 0 unspecified atom stereocenters. The van der Waals surface area contributed by atoms with Crippen LogP contribution in [0.1, 0.15) is 70.1 Å². The van der Waals surface area contributed by atoms with Crippen LogP contribution in [-0.4, -0.2) is 39.8 Å². The first-order valence-electron chi connectivity index (χ1n) is 12.9. The molecule has 0 aliphatic carbocycles. The number of thiazole rings is 1. The number of aromatic nitrogens is 2. The van der Waals surface area contributed by atoms with Gasteiger partial charge in [-0.15, -0.1) is 11.3 Å². The molecule has 1 saturated heterocycles. The van der Waals surface area contributed by atoms with E-state index in [1.54, 1.807) is 29.7 Å². The number of nitrogens with one attached hydrogen (secondary N) is 1. The summed E-state index contributed by atoms with van der Waals surface area (Å²) in [7, 11) is 0. The van der Waals surface area contributed by atoms with Crippen LogP contribution in [0.3, 0.4) is 0 Å². The third-order valence-corrected chi connectivity index (χ3v) is 7.84. The lowest BCUT2D eigenvalue weighted by Crippen LogP contribution is -2.38. The Labute approximate surface area is 221 Å². The second-order valence-electron chi connectivity index (χ2n) is 10.3. The lowest BCUT2D eigenvalue weighted by atomic mass is 9.89. The molecule has 0 radical (unpaired) electrons. The Balaban J connectivity index is 1.23. The number of carbonyl (C=O) groups is 2. The van der Waals surface area contributed by atoms with E-state index in [1.807, 2.05) is 35.5 Å². The fourth-order valence-electron chi connectivity index (χ4n) is 4.91. The molecular formula is C30H32N4O2S. The average Bonchev–Trinajstić information content (AvgIpc) is 3.38. The number of anilines is 1. The minimum atomic E-state index is -0.227. The van der Waals surface area contributed by atoms with E-state index in [0.717, 1.165) is 36.0 Å². The first kappa shape index (κ1) is 25.1. The number of rotatable bonds is 6. The van der Waals surface area contributed by atoms with Gasteiger partial charge in [0.15, 0.2) is 0 Å². The monoisotopic (exact) mass is 512 g/mol. The normalized spacial score (nSPS) is 14.3. The summed E-state index contributed by atoms with van der Waals surface area (Å²) < 4.78 is 1.22. The van der Waals surface area contributed by atoms with Gasteiger partial charge in [-0.05, 0) is 85.5 Å². The van der Waals surface area contributed by atoms with Crippen molar-refractivity contribution < 1.29 is 9.59 Å². The molecule has 0 atom stereocenters. The van der Waals surface area contributed by atoms with Gasteiger partial charge >= 0.3 is 0 Å². The van der Waals surface area contributed by atoms with Crippen LogP contribution in [0.2, 0.25) is 0 Å². The van der Waals surface area contributed by atoms with Crippen molar-refractivity contribution >= 4 is 39.1 Å². The fraction of sp³-hybridized carbons (Fsp3) is 0.333. The number of fused-ring (bicyclic) bond motifs is 1. The van der Waals surface area contributed by atoms with Gasteiger partial charge in [-0.2, -0.15) is 0 Å². The van der Waals surface area contributed by atoms with Crippen molar-refractivity contribution in [2.75, 3.05) is 18.4 Å². The summed E-state index contributed by atoms with van der Waals surface area (Å²) in [5.41, 5.74) is 7.88. The summed E-state index contributed by atoms with van der Waals surface area (Å²) >= 11 is 1.67. The van der Waals surface area contributed by atoms with Crippen molar-refractivity contribution in [2.24, 2.45) is 5.92 Å². The number of carbonyl (C=O) groups excluding carboxylic acids is 2. The number of hydrogen-bond acceptors (Lipinski definition) is 5. The zero-order chi connectivity index (χ0) is 25.9. The highest BCUT2D eigenvalue weighted by atomic mass is 32.1. The molecule has 5 rings (SSSR count). The Morgan fingerprint density at radius 3 is 2.54 bits per heavy atom. The van der Waals surface area contributed by atoms with Gasteiger partial charge in [0.25, 0.3) is 11.8 Å². The van der Waals surface area contributed by atoms with Crippen LogP contribution in [0.4, 0.5) is 5.69 Å².